The molecule has 7 heteroatoms. The number of carbonyl (C=O) groups excluding carboxylic acids is 2. The van der Waals surface area contributed by atoms with Gasteiger partial charge in [0.25, 0.3) is 11.8 Å². The Bertz CT molecular complexity index is 839. The van der Waals surface area contributed by atoms with Crippen molar-refractivity contribution in [3.63, 3.8) is 0 Å². The van der Waals surface area contributed by atoms with Gasteiger partial charge in [0.1, 0.15) is 5.82 Å². The average Bonchev–Trinajstić information content (AvgIpc) is 2.97. The molecule has 26 heavy (non-hydrogen) atoms. The Kier molecular flexibility index (Phi) is 5.04. The quantitative estimate of drug-likeness (QED) is 0.647. The van der Waals surface area contributed by atoms with E-state index < -0.39 is 23.2 Å². The lowest BCUT2D eigenvalue weighted by atomic mass is 9.97. The molecule has 0 aliphatic carbocycles. The second-order valence-electron chi connectivity index (χ2n) is 6.02. The topological polar surface area (TPSA) is 61.8 Å². The van der Waals surface area contributed by atoms with Gasteiger partial charge in [0.2, 0.25) is 5.54 Å². The molecule has 2 aromatic carbocycles. The van der Waals surface area contributed by atoms with E-state index in [1.165, 1.54) is 17.0 Å². The molecule has 1 fully saturated rings. The minimum absolute atomic E-state index is 0.0339. The molecule has 0 spiro atoms. The van der Waals surface area contributed by atoms with Crippen LogP contribution >= 0.6 is 11.6 Å². The van der Waals surface area contributed by atoms with Crippen molar-refractivity contribution in [3.05, 3.63) is 64.9 Å². The first-order chi connectivity index (χ1) is 12.5. The fourth-order valence-corrected chi connectivity index (χ4v) is 3.27. The summed E-state index contributed by atoms with van der Waals surface area (Å²) in [5, 5.41) is 2.88. The van der Waals surface area contributed by atoms with Crippen molar-refractivity contribution in [2.75, 3.05) is 11.4 Å². The van der Waals surface area contributed by atoms with Gasteiger partial charge < -0.3 is 10.2 Å². The molecule has 1 aliphatic rings. The first-order valence-electron chi connectivity index (χ1n) is 8.04. The number of carbonyl (C=O) groups is 2. The maximum absolute atomic E-state index is 13.4. The van der Waals surface area contributed by atoms with Gasteiger partial charge in [-0.05, 0) is 42.6 Å². The van der Waals surface area contributed by atoms with E-state index in [0.717, 1.165) is 0 Å². The summed E-state index contributed by atoms with van der Waals surface area (Å²) in [7, 11) is 0. The number of aliphatic imine (C=N–C) groups is 1. The zero-order valence-electron chi connectivity index (χ0n) is 13.9. The molecule has 0 bridgehead atoms. The predicted octanol–water partition coefficient (Wildman–Crippen LogP) is 2.97. The Balaban J connectivity index is 1.76. The molecule has 3 rings (SSSR count). The lowest BCUT2D eigenvalue weighted by molar-refractivity contribution is -0.133. The number of rotatable bonds is 5. The first-order valence-corrected chi connectivity index (χ1v) is 8.42. The van der Waals surface area contributed by atoms with Gasteiger partial charge in [0, 0.05) is 30.2 Å². The maximum atomic E-state index is 13.4. The van der Waals surface area contributed by atoms with Crippen LogP contribution < -0.4 is 10.2 Å². The monoisotopic (exact) mass is 373 g/mol. The molecule has 5 nitrogen and oxygen atoms in total. The van der Waals surface area contributed by atoms with Crippen molar-refractivity contribution in [1.29, 1.82) is 0 Å². The van der Waals surface area contributed by atoms with Gasteiger partial charge in [-0.25, -0.2) is 4.39 Å². The normalized spacial score (nSPS) is 19.5. The number of halogens is 2. The number of anilines is 1. The van der Waals surface area contributed by atoms with E-state index in [1.807, 2.05) is 18.2 Å². The molecule has 0 radical (unpaired) electrons. The summed E-state index contributed by atoms with van der Waals surface area (Å²) >= 11 is 5.82. The molecule has 1 heterocycles. The molecule has 0 unspecified atom stereocenters. The van der Waals surface area contributed by atoms with Gasteiger partial charge in [0.15, 0.2) is 0 Å². The highest BCUT2D eigenvalue weighted by Crippen LogP contribution is 2.31. The molecular weight excluding hydrogens is 357 g/mol. The van der Waals surface area contributed by atoms with Crippen molar-refractivity contribution in [2.45, 2.75) is 18.5 Å². The summed E-state index contributed by atoms with van der Waals surface area (Å²) in [6.45, 7) is 3.85. The van der Waals surface area contributed by atoms with E-state index in [4.69, 9.17) is 11.6 Å². The zero-order valence-corrected chi connectivity index (χ0v) is 14.7. The minimum atomic E-state index is -1.58. The molecule has 2 aromatic rings. The molecule has 1 atom stereocenters. The Morgan fingerprint density at radius 3 is 2.69 bits per heavy atom. The fourth-order valence-electron chi connectivity index (χ4n) is 3.03. The van der Waals surface area contributed by atoms with Crippen molar-refractivity contribution >= 4 is 35.8 Å². The largest absolute Gasteiger partial charge is 0.349 e. The lowest BCUT2D eigenvalue weighted by Crippen LogP contribution is -2.51. The molecular formula is C19H17ClFN3O2. The third-order valence-corrected chi connectivity index (χ3v) is 4.60. The fraction of sp³-hybridized carbons (Fsp3) is 0.211. The maximum Gasteiger partial charge on any atom is 0.264 e. The number of para-hydroxylation sites is 1. The smallest absolute Gasteiger partial charge is 0.264 e. The van der Waals surface area contributed by atoms with Crippen LogP contribution in [-0.4, -0.2) is 30.6 Å². The van der Waals surface area contributed by atoms with Crippen molar-refractivity contribution in [3.8, 4) is 0 Å². The van der Waals surface area contributed by atoms with Crippen LogP contribution in [0.2, 0.25) is 5.02 Å². The second-order valence-corrected chi connectivity index (χ2v) is 6.46. The highest BCUT2D eigenvalue weighted by molar-refractivity contribution is 6.30. The van der Waals surface area contributed by atoms with Gasteiger partial charge in [-0.1, -0.05) is 29.8 Å². The summed E-state index contributed by atoms with van der Waals surface area (Å²) < 4.78 is 13.4. The highest BCUT2D eigenvalue weighted by atomic mass is 35.5. The number of nitrogens with zero attached hydrogens (tertiary/aromatic N) is 2. The minimum Gasteiger partial charge on any atom is -0.349 e. The molecule has 1 aliphatic heterocycles. The zero-order chi connectivity index (χ0) is 18.7. The number of amides is 2. The Morgan fingerprint density at radius 1 is 1.31 bits per heavy atom. The van der Waals surface area contributed by atoms with Crippen LogP contribution in [0.1, 0.15) is 12.0 Å². The van der Waals surface area contributed by atoms with E-state index in [9.17, 15) is 14.0 Å². The SMILES string of the molecule is C=N[C@]1(C(=O)NCc2cc(F)cc(Cl)c2)CCN(c2ccccc2)C1=O. The van der Waals surface area contributed by atoms with E-state index >= 15 is 0 Å². The van der Waals surface area contributed by atoms with Crippen LogP contribution in [0.5, 0.6) is 0 Å². The summed E-state index contributed by atoms with van der Waals surface area (Å²) in [5.41, 5.74) is -0.381. The van der Waals surface area contributed by atoms with Crippen LogP contribution in [0.4, 0.5) is 10.1 Å². The van der Waals surface area contributed by atoms with Crippen molar-refractivity contribution < 1.29 is 14.0 Å². The number of nitrogens with one attached hydrogen (secondary N) is 1. The first kappa shape index (κ1) is 18.1. The summed E-state index contributed by atoms with van der Waals surface area (Å²) in [4.78, 5) is 31.0. The summed E-state index contributed by atoms with van der Waals surface area (Å²) in [6.07, 6.45) is 0.222. The Hall–Kier alpha value is -2.73. The van der Waals surface area contributed by atoms with E-state index in [-0.39, 0.29) is 18.0 Å². The van der Waals surface area contributed by atoms with Crippen LogP contribution in [0.3, 0.4) is 0 Å². The molecule has 1 N–H and O–H groups in total. The Morgan fingerprint density at radius 2 is 2.04 bits per heavy atom. The Labute approximate surface area is 155 Å². The van der Waals surface area contributed by atoms with Crippen LogP contribution in [0.25, 0.3) is 0 Å². The summed E-state index contributed by atoms with van der Waals surface area (Å²) in [5.74, 6) is -1.48. The molecule has 0 saturated carbocycles. The van der Waals surface area contributed by atoms with Crippen LogP contribution in [-0.2, 0) is 16.1 Å². The van der Waals surface area contributed by atoms with Gasteiger partial charge in [-0.15, -0.1) is 0 Å². The lowest BCUT2D eigenvalue weighted by Gasteiger charge is -2.23. The molecule has 1 saturated heterocycles. The van der Waals surface area contributed by atoms with E-state index in [1.54, 1.807) is 18.2 Å². The summed E-state index contributed by atoms with van der Waals surface area (Å²) in [6, 6.07) is 13.1. The second kappa shape index (κ2) is 7.25. The van der Waals surface area contributed by atoms with Crippen molar-refractivity contribution in [2.24, 2.45) is 4.99 Å². The molecule has 134 valence electrons. The number of hydrogen-bond acceptors (Lipinski definition) is 3. The third-order valence-electron chi connectivity index (χ3n) is 4.38. The number of hydrogen-bond donors (Lipinski definition) is 1. The number of benzene rings is 2. The van der Waals surface area contributed by atoms with Gasteiger partial charge in [0.05, 0.1) is 0 Å². The third kappa shape index (κ3) is 3.32. The average molecular weight is 374 g/mol. The van der Waals surface area contributed by atoms with E-state index in [2.05, 4.69) is 17.0 Å². The van der Waals surface area contributed by atoms with Gasteiger partial charge in [-0.2, -0.15) is 0 Å². The highest BCUT2D eigenvalue weighted by Gasteiger charge is 2.52. The van der Waals surface area contributed by atoms with E-state index in [0.29, 0.717) is 17.8 Å². The van der Waals surface area contributed by atoms with Gasteiger partial charge in [-0.3, -0.25) is 14.6 Å². The van der Waals surface area contributed by atoms with Crippen LogP contribution in [0.15, 0.2) is 53.5 Å². The molecule has 2 amide bonds. The predicted molar refractivity (Wildman–Crippen MR) is 98.9 cm³/mol. The standard InChI is InChI=1S/C19H17ClFN3O2/c1-22-19(7-8-24(18(19)26)16-5-3-2-4-6-16)17(25)23-12-13-9-14(20)11-15(21)10-13/h2-6,9-11H,1,7-8,12H2,(H,23,25)/t19-/m0/s1. The van der Waals surface area contributed by atoms with Crippen LogP contribution in [0, 0.1) is 5.82 Å². The van der Waals surface area contributed by atoms with Crippen molar-refractivity contribution in [1.82, 2.24) is 5.32 Å². The molecule has 0 aromatic heterocycles. The van der Waals surface area contributed by atoms with Gasteiger partial charge >= 0.3 is 0 Å².